The molecule has 1 N–H and O–H groups in total. The Morgan fingerprint density at radius 2 is 1.60 bits per heavy atom. The van der Waals surface area contributed by atoms with E-state index in [1.165, 1.54) is 4.90 Å². The van der Waals surface area contributed by atoms with Crippen LogP contribution in [0.3, 0.4) is 0 Å². The molecule has 1 aliphatic heterocycles. The molecule has 2 aliphatic rings. The summed E-state index contributed by atoms with van der Waals surface area (Å²) in [6.07, 6.45) is 5.26. The van der Waals surface area contributed by atoms with Crippen LogP contribution in [0, 0.1) is 23.4 Å². The molecular formula is C18H21F3N2O2. The first-order valence-corrected chi connectivity index (χ1v) is 8.70. The van der Waals surface area contributed by atoms with Crippen molar-refractivity contribution in [2.45, 2.75) is 44.6 Å². The molecule has 1 aromatic carbocycles. The molecule has 4 nitrogen and oxygen atoms in total. The lowest BCUT2D eigenvalue weighted by molar-refractivity contribution is -0.127. The monoisotopic (exact) mass is 354 g/mol. The van der Waals surface area contributed by atoms with Gasteiger partial charge in [-0.05, 0) is 37.8 Å². The minimum absolute atomic E-state index is 0.0120. The number of hydrogen-bond acceptors (Lipinski definition) is 2. The number of amides is 2. The summed E-state index contributed by atoms with van der Waals surface area (Å²) in [5.41, 5.74) is -0.479. The van der Waals surface area contributed by atoms with E-state index in [9.17, 15) is 22.8 Å². The van der Waals surface area contributed by atoms with Gasteiger partial charge in [-0.25, -0.2) is 13.2 Å². The van der Waals surface area contributed by atoms with Crippen LogP contribution in [0.5, 0.6) is 0 Å². The Bertz CT molecular complexity index is 667. The molecule has 2 amide bonds. The van der Waals surface area contributed by atoms with Crippen molar-refractivity contribution < 1.29 is 22.8 Å². The summed E-state index contributed by atoms with van der Waals surface area (Å²) < 4.78 is 40.1. The largest absolute Gasteiger partial charge is 0.353 e. The number of halogens is 3. The first-order chi connectivity index (χ1) is 12.0. The number of nitrogens with one attached hydrogen (secondary N) is 1. The third-order valence-corrected chi connectivity index (χ3v) is 5.12. The second-order valence-corrected chi connectivity index (χ2v) is 6.78. The Labute approximate surface area is 144 Å². The minimum atomic E-state index is -1.64. The van der Waals surface area contributed by atoms with Crippen LogP contribution in [0.25, 0.3) is 0 Å². The van der Waals surface area contributed by atoms with Crippen molar-refractivity contribution in [1.29, 1.82) is 0 Å². The van der Waals surface area contributed by atoms with Gasteiger partial charge in [0.1, 0.15) is 0 Å². The summed E-state index contributed by atoms with van der Waals surface area (Å²) in [4.78, 5) is 26.0. The van der Waals surface area contributed by atoms with Crippen LogP contribution in [0.1, 0.15) is 48.9 Å². The predicted octanol–water partition coefficient (Wildman–Crippen LogP) is 3.01. The number of hydrogen-bond donors (Lipinski definition) is 1. The summed E-state index contributed by atoms with van der Waals surface area (Å²) >= 11 is 0. The van der Waals surface area contributed by atoms with Crippen molar-refractivity contribution in [3.8, 4) is 0 Å². The van der Waals surface area contributed by atoms with Crippen LogP contribution in [0.15, 0.2) is 12.1 Å². The Balaban J connectivity index is 1.57. The highest BCUT2D eigenvalue weighted by molar-refractivity contribution is 5.94. The van der Waals surface area contributed by atoms with Gasteiger partial charge >= 0.3 is 0 Å². The molecule has 0 radical (unpaired) electrons. The Morgan fingerprint density at radius 1 is 0.960 bits per heavy atom. The third kappa shape index (κ3) is 3.80. The first-order valence-electron chi connectivity index (χ1n) is 8.70. The third-order valence-electron chi connectivity index (χ3n) is 5.12. The van der Waals surface area contributed by atoms with Crippen molar-refractivity contribution in [2.24, 2.45) is 5.92 Å². The standard InChI is InChI=1S/C18H21F3N2O2/c19-14-6-5-13(15(20)16(14)21)18(25)23-9-7-11(8-10-23)17(24)22-12-3-1-2-4-12/h5-6,11-12H,1-4,7-10H2,(H,22,24). The average Bonchev–Trinajstić information content (AvgIpc) is 3.12. The van der Waals surface area contributed by atoms with Crippen LogP contribution in [-0.2, 0) is 4.79 Å². The zero-order valence-corrected chi connectivity index (χ0v) is 13.9. The van der Waals surface area contributed by atoms with Gasteiger partial charge in [0.2, 0.25) is 5.91 Å². The lowest BCUT2D eigenvalue weighted by Crippen LogP contribution is -2.45. The van der Waals surface area contributed by atoms with Gasteiger partial charge < -0.3 is 10.2 Å². The molecule has 0 unspecified atom stereocenters. The Kier molecular flexibility index (Phi) is 5.30. The maximum Gasteiger partial charge on any atom is 0.256 e. The van der Waals surface area contributed by atoms with Gasteiger partial charge in [-0.2, -0.15) is 0 Å². The lowest BCUT2D eigenvalue weighted by Gasteiger charge is -2.32. The molecule has 1 aliphatic carbocycles. The number of rotatable bonds is 3. The average molecular weight is 354 g/mol. The van der Waals surface area contributed by atoms with Crippen LogP contribution in [0.2, 0.25) is 0 Å². The Morgan fingerprint density at radius 3 is 2.24 bits per heavy atom. The van der Waals surface area contributed by atoms with Gasteiger partial charge in [-0.3, -0.25) is 9.59 Å². The van der Waals surface area contributed by atoms with Crippen LogP contribution in [-0.4, -0.2) is 35.8 Å². The summed E-state index contributed by atoms with van der Waals surface area (Å²) in [6, 6.07) is 1.95. The highest BCUT2D eigenvalue weighted by atomic mass is 19.2. The summed E-state index contributed by atoms with van der Waals surface area (Å²) in [7, 11) is 0. The second kappa shape index (κ2) is 7.45. The second-order valence-electron chi connectivity index (χ2n) is 6.78. The lowest BCUT2D eigenvalue weighted by atomic mass is 9.95. The topological polar surface area (TPSA) is 49.4 Å². The molecule has 1 aromatic rings. The molecule has 0 aromatic heterocycles. The van der Waals surface area contributed by atoms with Crippen molar-refractivity contribution in [2.75, 3.05) is 13.1 Å². The van der Waals surface area contributed by atoms with Crippen molar-refractivity contribution in [1.82, 2.24) is 10.2 Å². The summed E-state index contributed by atoms with van der Waals surface area (Å²) in [5.74, 6) is -5.26. The SMILES string of the molecule is O=C(NC1CCCC1)C1CCN(C(=O)c2ccc(F)c(F)c2F)CC1. The van der Waals surface area contributed by atoms with E-state index >= 15 is 0 Å². The molecule has 7 heteroatoms. The smallest absolute Gasteiger partial charge is 0.256 e. The van der Waals surface area contributed by atoms with Crippen LogP contribution in [0.4, 0.5) is 13.2 Å². The number of likely N-dealkylation sites (tertiary alicyclic amines) is 1. The summed E-state index contributed by atoms with van der Waals surface area (Å²) in [5, 5.41) is 3.05. The first kappa shape index (κ1) is 17.8. The van der Waals surface area contributed by atoms with E-state index in [1.54, 1.807) is 0 Å². The highest BCUT2D eigenvalue weighted by Gasteiger charge is 2.31. The van der Waals surface area contributed by atoms with E-state index in [-0.39, 0.29) is 17.9 Å². The number of carbonyl (C=O) groups is 2. The molecule has 3 rings (SSSR count). The van der Waals surface area contributed by atoms with Gasteiger partial charge in [-0.15, -0.1) is 0 Å². The molecule has 1 heterocycles. The van der Waals surface area contributed by atoms with Crippen LogP contribution >= 0.6 is 0 Å². The fourth-order valence-corrected chi connectivity index (χ4v) is 3.60. The zero-order chi connectivity index (χ0) is 18.0. The van der Waals surface area contributed by atoms with E-state index < -0.39 is 28.9 Å². The Hall–Kier alpha value is -2.05. The quantitative estimate of drug-likeness (QED) is 0.849. The highest BCUT2D eigenvalue weighted by Crippen LogP contribution is 2.23. The molecule has 136 valence electrons. The van der Waals surface area contributed by atoms with Gasteiger partial charge in [-0.1, -0.05) is 12.8 Å². The van der Waals surface area contributed by atoms with E-state index in [0.717, 1.165) is 37.8 Å². The van der Waals surface area contributed by atoms with Gasteiger partial charge in [0.05, 0.1) is 5.56 Å². The maximum atomic E-state index is 13.8. The molecule has 2 fully saturated rings. The molecular weight excluding hydrogens is 333 g/mol. The normalized spacial score (nSPS) is 19.2. The fraction of sp³-hybridized carbons (Fsp3) is 0.556. The zero-order valence-electron chi connectivity index (χ0n) is 13.9. The van der Waals surface area contributed by atoms with E-state index in [4.69, 9.17) is 0 Å². The number of piperidine rings is 1. The molecule has 1 saturated heterocycles. The van der Waals surface area contributed by atoms with Crippen molar-refractivity contribution in [3.63, 3.8) is 0 Å². The molecule has 0 atom stereocenters. The van der Waals surface area contributed by atoms with E-state index in [1.807, 2.05) is 0 Å². The number of carbonyl (C=O) groups excluding carboxylic acids is 2. The van der Waals surface area contributed by atoms with Gasteiger partial charge in [0, 0.05) is 25.0 Å². The molecule has 1 saturated carbocycles. The predicted molar refractivity (Wildman–Crippen MR) is 85.3 cm³/mol. The number of nitrogens with zero attached hydrogens (tertiary/aromatic N) is 1. The van der Waals surface area contributed by atoms with E-state index in [2.05, 4.69) is 5.32 Å². The summed E-state index contributed by atoms with van der Waals surface area (Å²) in [6.45, 7) is 0.583. The number of benzene rings is 1. The van der Waals surface area contributed by atoms with Crippen molar-refractivity contribution >= 4 is 11.8 Å². The van der Waals surface area contributed by atoms with E-state index in [0.29, 0.717) is 25.9 Å². The molecule has 0 bridgehead atoms. The van der Waals surface area contributed by atoms with Crippen LogP contribution < -0.4 is 5.32 Å². The maximum absolute atomic E-state index is 13.8. The molecule has 0 spiro atoms. The molecule has 25 heavy (non-hydrogen) atoms. The van der Waals surface area contributed by atoms with Crippen molar-refractivity contribution in [3.05, 3.63) is 35.1 Å². The van der Waals surface area contributed by atoms with Gasteiger partial charge in [0.15, 0.2) is 17.5 Å². The fourth-order valence-electron chi connectivity index (χ4n) is 3.60. The minimum Gasteiger partial charge on any atom is -0.353 e. The van der Waals surface area contributed by atoms with Gasteiger partial charge in [0.25, 0.3) is 5.91 Å².